The molecule has 0 amide bonds. The van der Waals surface area contributed by atoms with E-state index in [-0.39, 0.29) is 5.82 Å². The van der Waals surface area contributed by atoms with Crippen molar-refractivity contribution >= 4 is 0 Å². The lowest BCUT2D eigenvalue weighted by molar-refractivity contribution is -0.0832. The van der Waals surface area contributed by atoms with Gasteiger partial charge in [-0.15, -0.1) is 0 Å². The standard InChI is InChI=1S/C12H18N2O2.C8H9F/c1-12(2)11(15)5-7-3-4-8(13)9(14)6-10(7)16-12;1-2-7-5-3-4-6-8(7)9/h3,6,11,15H,4-5,13-14H2,1-2H3;3-6H,2H2,1H3. The number of nitrogens with two attached hydrogens (primary N) is 2. The van der Waals surface area contributed by atoms with E-state index in [1.54, 1.807) is 18.2 Å². The molecular weight excluding hydrogens is 319 g/mol. The number of aliphatic hydroxyl groups is 1. The first-order valence-electron chi connectivity index (χ1n) is 8.50. The van der Waals surface area contributed by atoms with Crippen LogP contribution in [0.5, 0.6) is 0 Å². The van der Waals surface area contributed by atoms with Crippen molar-refractivity contribution in [3.63, 3.8) is 0 Å². The second-order valence-electron chi connectivity index (χ2n) is 6.79. The van der Waals surface area contributed by atoms with Gasteiger partial charge in [0.05, 0.1) is 11.8 Å². The third kappa shape index (κ3) is 4.63. The molecule has 1 aliphatic carbocycles. The lowest BCUT2D eigenvalue weighted by Gasteiger charge is -2.38. The van der Waals surface area contributed by atoms with Crippen molar-refractivity contribution in [3.05, 3.63) is 70.5 Å². The van der Waals surface area contributed by atoms with Gasteiger partial charge in [-0.2, -0.15) is 0 Å². The molecule has 1 aliphatic heterocycles. The Balaban J connectivity index is 0.000000212. The Morgan fingerprint density at radius 3 is 2.56 bits per heavy atom. The van der Waals surface area contributed by atoms with Crippen LogP contribution in [0.25, 0.3) is 0 Å². The Bertz CT molecular complexity index is 720. The minimum atomic E-state index is -0.581. The van der Waals surface area contributed by atoms with Gasteiger partial charge < -0.3 is 21.3 Å². The van der Waals surface area contributed by atoms with Crippen LogP contribution in [0.1, 0.15) is 39.2 Å². The smallest absolute Gasteiger partial charge is 0.129 e. The van der Waals surface area contributed by atoms with Crippen molar-refractivity contribution in [1.82, 2.24) is 0 Å². The van der Waals surface area contributed by atoms with Crippen molar-refractivity contribution in [2.75, 3.05) is 0 Å². The summed E-state index contributed by atoms with van der Waals surface area (Å²) in [6.07, 6.45) is 5.18. The predicted molar refractivity (Wildman–Crippen MR) is 97.7 cm³/mol. The largest absolute Gasteiger partial charge is 0.485 e. The summed E-state index contributed by atoms with van der Waals surface area (Å²) in [5.41, 5.74) is 14.0. The van der Waals surface area contributed by atoms with E-state index in [0.29, 0.717) is 24.2 Å². The van der Waals surface area contributed by atoms with Gasteiger partial charge >= 0.3 is 0 Å². The van der Waals surface area contributed by atoms with Crippen molar-refractivity contribution in [2.24, 2.45) is 11.5 Å². The van der Waals surface area contributed by atoms with Crippen LogP contribution in [-0.4, -0.2) is 16.8 Å². The number of rotatable bonds is 1. The Kier molecular flexibility index (Phi) is 5.90. The zero-order valence-corrected chi connectivity index (χ0v) is 15.1. The summed E-state index contributed by atoms with van der Waals surface area (Å²) in [6, 6.07) is 6.84. The maximum atomic E-state index is 12.6. The van der Waals surface area contributed by atoms with Crippen molar-refractivity contribution in [3.8, 4) is 0 Å². The number of halogens is 1. The molecule has 0 spiro atoms. The first-order valence-corrected chi connectivity index (χ1v) is 8.50. The number of hydrogen-bond donors (Lipinski definition) is 3. The normalized spacial score (nSPS) is 21.7. The molecule has 0 saturated carbocycles. The van der Waals surface area contributed by atoms with Crippen LogP contribution in [0.2, 0.25) is 0 Å². The fourth-order valence-electron chi connectivity index (χ4n) is 2.65. The third-order valence-corrected chi connectivity index (χ3v) is 4.47. The second kappa shape index (κ2) is 7.74. The lowest BCUT2D eigenvalue weighted by atomic mass is 9.90. The SMILES string of the molecule is CC1(C)OC2=CC(N)=C(N)CC=C2CC1O.CCc1ccccc1F. The van der Waals surface area contributed by atoms with Crippen LogP contribution in [0.3, 0.4) is 0 Å². The van der Waals surface area contributed by atoms with Gasteiger partial charge in [-0.1, -0.05) is 31.2 Å². The first kappa shape index (κ1) is 19.1. The number of hydrogen-bond acceptors (Lipinski definition) is 4. The van der Waals surface area contributed by atoms with Gasteiger partial charge in [0.1, 0.15) is 17.2 Å². The maximum absolute atomic E-state index is 12.6. The monoisotopic (exact) mass is 346 g/mol. The lowest BCUT2D eigenvalue weighted by Crippen LogP contribution is -2.43. The van der Waals surface area contributed by atoms with Gasteiger partial charge in [-0.25, -0.2) is 4.39 Å². The van der Waals surface area contributed by atoms with Crippen molar-refractivity contribution in [2.45, 2.75) is 51.7 Å². The van der Waals surface area contributed by atoms with Crippen molar-refractivity contribution < 1.29 is 14.2 Å². The van der Waals surface area contributed by atoms with Crippen LogP contribution in [-0.2, 0) is 11.2 Å². The highest BCUT2D eigenvalue weighted by Gasteiger charge is 2.37. The van der Waals surface area contributed by atoms with Crippen LogP contribution in [0.4, 0.5) is 4.39 Å². The number of benzene rings is 1. The fourth-order valence-corrected chi connectivity index (χ4v) is 2.65. The second-order valence-corrected chi connectivity index (χ2v) is 6.79. The molecular formula is C20H27FN2O2. The molecule has 4 nitrogen and oxygen atoms in total. The van der Waals surface area contributed by atoms with E-state index in [1.807, 2.05) is 32.9 Å². The third-order valence-electron chi connectivity index (χ3n) is 4.47. The zero-order chi connectivity index (χ0) is 18.6. The summed E-state index contributed by atoms with van der Waals surface area (Å²) in [5, 5.41) is 9.93. The molecule has 0 radical (unpaired) electrons. The molecule has 0 aromatic heterocycles. The number of fused-ring (bicyclic) bond motifs is 1. The molecule has 136 valence electrons. The molecule has 25 heavy (non-hydrogen) atoms. The summed E-state index contributed by atoms with van der Waals surface area (Å²) in [6.45, 7) is 5.67. The highest BCUT2D eigenvalue weighted by molar-refractivity contribution is 5.40. The quantitative estimate of drug-likeness (QED) is 0.729. The Morgan fingerprint density at radius 2 is 1.96 bits per heavy atom. The van der Waals surface area contributed by atoms with E-state index in [2.05, 4.69) is 0 Å². The fraction of sp³-hybridized carbons (Fsp3) is 0.400. The predicted octanol–water partition coefficient (Wildman–Crippen LogP) is 3.28. The molecule has 1 aromatic carbocycles. The molecule has 5 N–H and O–H groups in total. The van der Waals surface area contributed by atoms with E-state index in [4.69, 9.17) is 16.2 Å². The molecule has 1 heterocycles. The van der Waals surface area contributed by atoms with Gasteiger partial charge in [0.15, 0.2) is 0 Å². The van der Waals surface area contributed by atoms with Gasteiger partial charge in [0.2, 0.25) is 0 Å². The van der Waals surface area contributed by atoms with Crippen LogP contribution < -0.4 is 11.5 Å². The highest BCUT2D eigenvalue weighted by atomic mass is 19.1. The first-order chi connectivity index (χ1) is 11.7. The van der Waals surface area contributed by atoms with E-state index >= 15 is 0 Å². The minimum Gasteiger partial charge on any atom is -0.485 e. The molecule has 5 heteroatoms. The van der Waals surface area contributed by atoms with Crippen LogP contribution >= 0.6 is 0 Å². The Hall–Kier alpha value is -2.27. The summed E-state index contributed by atoms with van der Waals surface area (Å²) in [7, 11) is 0. The van der Waals surface area contributed by atoms with Crippen molar-refractivity contribution in [1.29, 1.82) is 0 Å². The molecule has 1 unspecified atom stereocenters. The van der Waals surface area contributed by atoms with Gasteiger partial charge in [0.25, 0.3) is 0 Å². The van der Waals surface area contributed by atoms with E-state index in [1.165, 1.54) is 6.07 Å². The summed E-state index contributed by atoms with van der Waals surface area (Å²) < 4.78 is 18.4. The summed E-state index contributed by atoms with van der Waals surface area (Å²) >= 11 is 0. The van der Waals surface area contributed by atoms with E-state index < -0.39 is 11.7 Å². The zero-order valence-electron chi connectivity index (χ0n) is 15.1. The number of aliphatic hydroxyl groups excluding tert-OH is 1. The molecule has 1 atom stereocenters. The van der Waals surface area contributed by atoms with E-state index in [9.17, 15) is 9.50 Å². The van der Waals surface area contributed by atoms with Gasteiger partial charge in [-0.3, -0.25) is 0 Å². The number of ether oxygens (including phenoxy) is 1. The highest BCUT2D eigenvalue weighted by Crippen LogP contribution is 2.36. The van der Waals surface area contributed by atoms with Crippen LogP contribution in [0, 0.1) is 5.82 Å². The Morgan fingerprint density at radius 1 is 1.28 bits per heavy atom. The number of allylic oxidation sites excluding steroid dienone is 3. The molecule has 0 bridgehead atoms. The van der Waals surface area contributed by atoms with Gasteiger partial charge in [0, 0.05) is 24.6 Å². The maximum Gasteiger partial charge on any atom is 0.129 e. The summed E-state index contributed by atoms with van der Waals surface area (Å²) in [5.74, 6) is 0.633. The molecule has 3 rings (SSSR count). The minimum absolute atomic E-state index is 0.0972. The number of aryl methyl sites for hydroxylation is 1. The average Bonchev–Trinajstić information content (AvgIpc) is 2.69. The average molecular weight is 346 g/mol. The summed E-state index contributed by atoms with van der Waals surface area (Å²) in [4.78, 5) is 0. The van der Waals surface area contributed by atoms with Crippen LogP contribution in [0.15, 0.2) is 59.1 Å². The van der Waals surface area contributed by atoms with Gasteiger partial charge in [-0.05, 0) is 37.5 Å². The molecule has 2 aliphatic rings. The Labute approximate surface area is 148 Å². The molecule has 1 fully saturated rings. The topological polar surface area (TPSA) is 81.5 Å². The van der Waals surface area contributed by atoms with E-state index in [0.717, 1.165) is 23.3 Å². The molecule has 1 saturated heterocycles. The molecule has 1 aromatic rings.